The van der Waals surface area contributed by atoms with Gasteiger partial charge in [-0.3, -0.25) is 4.98 Å². The molecule has 162 valence electrons. The molecule has 4 N–H and O–H groups in total. The van der Waals surface area contributed by atoms with Gasteiger partial charge in [0.1, 0.15) is 5.82 Å². The number of nitrogens with one attached hydrogen (secondary N) is 1. The maximum Gasteiger partial charge on any atom is 0.407 e. The van der Waals surface area contributed by atoms with Gasteiger partial charge >= 0.3 is 6.09 Å². The first kappa shape index (κ1) is 22.0. The summed E-state index contributed by atoms with van der Waals surface area (Å²) in [4.78, 5) is 21.5. The number of amides is 1. The highest BCUT2D eigenvalue weighted by Crippen LogP contribution is 2.36. The topological polar surface area (TPSA) is 139 Å². The molecule has 1 amide bonds. The average molecular weight is 434 g/mol. The van der Waals surface area contributed by atoms with Gasteiger partial charge in [-0.15, -0.1) is 0 Å². The minimum atomic E-state index is -3.91. The predicted molar refractivity (Wildman–Crippen MR) is 112 cm³/mol. The Morgan fingerprint density at radius 2 is 2.10 bits per heavy atom. The quantitative estimate of drug-likeness (QED) is 0.610. The van der Waals surface area contributed by atoms with Crippen molar-refractivity contribution in [3.05, 3.63) is 48.3 Å². The van der Waals surface area contributed by atoms with Crippen LogP contribution in [0.25, 0.3) is 0 Å². The first-order valence-electron chi connectivity index (χ1n) is 9.74. The Balaban J connectivity index is 1.76. The molecular weight excluding hydrogens is 406 g/mol. The van der Waals surface area contributed by atoms with Gasteiger partial charge in [-0.25, -0.2) is 23.3 Å². The molecule has 0 bridgehead atoms. The highest BCUT2D eigenvalue weighted by molar-refractivity contribution is 7.89. The summed E-state index contributed by atoms with van der Waals surface area (Å²) < 4.78 is 23.2. The van der Waals surface area contributed by atoms with Crippen LogP contribution in [0.1, 0.15) is 44.8 Å². The van der Waals surface area contributed by atoms with Crippen LogP contribution in [0.4, 0.5) is 10.6 Å². The second-order valence-electron chi connectivity index (χ2n) is 8.21. The fourth-order valence-electron chi connectivity index (χ4n) is 4.03. The molecule has 2 aromatic rings. The number of primary sulfonamides is 1. The second-order valence-corrected chi connectivity index (χ2v) is 9.72. The van der Waals surface area contributed by atoms with E-state index in [2.05, 4.69) is 15.3 Å². The van der Waals surface area contributed by atoms with Crippen molar-refractivity contribution in [2.45, 2.75) is 49.7 Å². The van der Waals surface area contributed by atoms with Crippen LogP contribution in [-0.2, 0) is 10.0 Å². The van der Waals surface area contributed by atoms with Crippen molar-refractivity contribution >= 4 is 21.9 Å². The smallest absolute Gasteiger partial charge is 0.407 e. The van der Waals surface area contributed by atoms with Crippen LogP contribution < -0.4 is 10.5 Å². The van der Waals surface area contributed by atoms with E-state index in [-0.39, 0.29) is 17.0 Å². The molecule has 0 radical (unpaired) electrons. The number of hydrogen-bond donors (Lipinski definition) is 3. The number of hydrogen-bond acceptors (Lipinski definition) is 6. The average Bonchev–Trinajstić information content (AvgIpc) is 3.00. The maximum atomic E-state index is 11.6. The van der Waals surface area contributed by atoms with E-state index in [4.69, 9.17) is 5.14 Å². The van der Waals surface area contributed by atoms with Crippen LogP contribution in [0, 0.1) is 5.92 Å². The molecule has 10 heteroatoms. The van der Waals surface area contributed by atoms with Crippen molar-refractivity contribution in [3.63, 3.8) is 0 Å². The van der Waals surface area contributed by atoms with Gasteiger partial charge in [-0.1, -0.05) is 12.1 Å². The summed E-state index contributed by atoms with van der Waals surface area (Å²) in [6.07, 6.45) is 3.06. The van der Waals surface area contributed by atoms with Gasteiger partial charge in [0.2, 0.25) is 0 Å². The normalized spacial score (nSPS) is 19.4. The van der Waals surface area contributed by atoms with Gasteiger partial charge in [-0.05, 0) is 63.3 Å². The first-order valence-corrected chi connectivity index (χ1v) is 11.3. The van der Waals surface area contributed by atoms with Crippen molar-refractivity contribution in [2.75, 3.05) is 11.9 Å². The lowest BCUT2D eigenvalue weighted by Crippen LogP contribution is -2.41. The number of likely N-dealkylation sites (tertiary alicyclic amines) is 1. The highest BCUT2D eigenvalue weighted by atomic mass is 32.2. The molecule has 3 rings (SSSR count). The van der Waals surface area contributed by atoms with Crippen LogP contribution in [0.15, 0.2) is 47.6 Å². The summed E-state index contributed by atoms with van der Waals surface area (Å²) in [5, 5.41) is 17.7. The highest BCUT2D eigenvalue weighted by Gasteiger charge is 2.41. The Bertz CT molecular complexity index is 997. The molecule has 2 aromatic heterocycles. The third-order valence-electron chi connectivity index (χ3n) is 5.44. The van der Waals surface area contributed by atoms with Crippen LogP contribution in [-0.4, -0.2) is 46.6 Å². The van der Waals surface area contributed by atoms with Crippen molar-refractivity contribution in [3.8, 4) is 0 Å². The standard InChI is InChI=1S/C20H27N5O4S/c1-20(2)12-14(13-25(20)19(26)27)9-10-16(15-6-3-4-11-22-15)23-17-7-5-8-18(24-17)30(21,28)29/h3-8,11,14,16H,9-10,12-13H2,1-2H3,(H,23,24)(H,26,27)(H2,21,28,29)/t14-,16?/m0/s1. The number of rotatable bonds is 7. The fraction of sp³-hybridized carbons (Fsp3) is 0.450. The Morgan fingerprint density at radius 1 is 1.33 bits per heavy atom. The van der Waals surface area contributed by atoms with Crippen molar-refractivity contribution < 1.29 is 18.3 Å². The van der Waals surface area contributed by atoms with Gasteiger partial charge in [0, 0.05) is 18.3 Å². The summed E-state index contributed by atoms with van der Waals surface area (Å²) >= 11 is 0. The van der Waals surface area contributed by atoms with E-state index in [0.717, 1.165) is 18.5 Å². The number of sulfonamides is 1. The largest absolute Gasteiger partial charge is 0.465 e. The number of nitrogens with zero attached hydrogens (tertiary/aromatic N) is 3. The van der Waals surface area contributed by atoms with Crippen molar-refractivity contribution in [1.82, 2.24) is 14.9 Å². The molecule has 0 aliphatic carbocycles. The first-order chi connectivity index (χ1) is 14.1. The fourth-order valence-corrected chi connectivity index (χ4v) is 4.52. The Labute approximate surface area is 176 Å². The minimum absolute atomic E-state index is 0.207. The summed E-state index contributed by atoms with van der Waals surface area (Å²) in [5.41, 5.74) is 0.406. The molecule has 1 saturated heterocycles. The van der Waals surface area contributed by atoms with Gasteiger partial charge < -0.3 is 15.3 Å². The van der Waals surface area contributed by atoms with E-state index in [0.29, 0.717) is 18.8 Å². The third kappa shape index (κ3) is 5.25. The molecule has 1 unspecified atom stereocenters. The Hall–Kier alpha value is -2.72. The molecule has 2 atom stereocenters. The second kappa shape index (κ2) is 8.57. The summed E-state index contributed by atoms with van der Waals surface area (Å²) in [5.74, 6) is 0.615. The van der Waals surface area contributed by atoms with E-state index in [1.54, 1.807) is 18.3 Å². The predicted octanol–water partition coefficient (Wildman–Crippen LogP) is 2.84. The minimum Gasteiger partial charge on any atom is -0.465 e. The number of anilines is 1. The lowest BCUT2D eigenvalue weighted by Gasteiger charge is -2.28. The number of nitrogens with two attached hydrogens (primary N) is 1. The van der Waals surface area contributed by atoms with Crippen molar-refractivity contribution in [1.29, 1.82) is 0 Å². The summed E-state index contributed by atoms with van der Waals surface area (Å²) in [6.45, 7) is 4.38. The zero-order valence-corrected chi connectivity index (χ0v) is 17.8. The van der Waals surface area contributed by atoms with Gasteiger partial charge in [0.25, 0.3) is 10.0 Å². The van der Waals surface area contributed by atoms with Crippen LogP contribution in [0.5, 0.6) is 0 Å². The van der Waals surface area contributed by atoms with E-state index in [9.17, 15) is 18.3 Å². The Morgan fingerprint density at radius 3 is 2.70 bits per heavy atom. The van der Waals surface area contributed by atoms with Crippen LogP contribution in [0.3, 0.4) is 0 Å². The van der Waals surface area contributed by atoms with Crippen LogP contribution in [0.2, 0.25) is 0 Å². The zero-order chi connectivity index (χ0) is 21.9. The molecule has 0 saturated carbocycles. The molecule has 1 aliphatic rings. The molecule has 9 nitrogen and oxygen atoms in total. The number of carbonyl (C=O) groups is 1. The SMILES string of the molecule is CC1(C)C[C@H](CCC(Nc2cccc(S(N)(=O)=O)n2)c2ccccn2)CN1C(=O)O. The number of carboxylic acid groups (broad SMARTS) is 1. The molecule has 0 spiro atoms. The molecule has 1 fully saturated rings. The molecule has 1 aliphatic heterocycles. The molecular formula is C20H27N5O4S. The zero-order valence-electron chi connectivity index (χ0n) is 17.0. The third-order valence-corrected chi connectivity index (χ3v) is 6.25. The van der Waals surface area contributed by atoms with Crippen molar-refractivity contribution in [2.24, 2.45) is 11.1 Å². The monoisotopic (exact) mass is 433 g/mol. The maximum absolute atomic E-state index is 11.6. The van der Waals surface area contributed by atoms with Gasteiger partial charge in [0.15, 0.2) is 5.03 Å². The molecule has 3 heterocycles. The lowest BCUT2D eigenvalue weighted by atomic mass is 9.91. The number of pyridine rings is 2. The van der Waals surface area contributed by atoms with E-state index in [1.807, 2.05) is 32.0 Å². The lowest BCUT2D eigenvalue weighted by molar-refractivity contribution is 0.117. The van der Waals surface area contributed by atoms with E-state index >= 15 is 0 Å². The van der Waals surface area contributed by atoms with Gasteiger partial charge in [-0.2, -0.15) is 0 Å². The Kier molecular flexibility index (Phi) is 6.27. The van der Waals surface area contributed by atoms with E-state index in [1.165, 1.54) is 11.0 Å². The molecule has 0 aromatic carbocycles. The summed E-state index contributed by atoms with van der Waals surface area (Å²) in [6, 6.07) is 9.99. The number of aromatic nitrogens is 2. The van der Waals surface area contributed by atoms with Crippen LogP contribution >= 0.6 is 0 Å². The van der Waals surface area contributed by atoms with E-state index < -0.39 is 21.7 Å². The van der Waals surface area contributed by atoms with Gasteiger partial charge in [0.05, 0.1) is 11.7 Å². The molecule has 30 heavy (non-hydrogen) atoms. The summed E-state index contributed by atoms with van der Waals surface area (Å²) in [7, 11) is -3.91.